The van der Waals surface area contributed by atoms with Crippen LogP contribution < -0.4 is 10.0 Å². The van der Waals surface area contributed by atoms with Crippen LogP contribution in [0.15, 0.2) is 42.5 Å². The van der Waals surface area contributed by atoms with Gasteiger partial charge < -0.3 is 10.2 Å². The number of likely N-dealkylation sites (tertiary alicyclic amines) is 1. The van der Waals surface area contributed by atoms with Crippen molar-refractivity contribution in [2.75, 3.05) is 29.4 Å². The number of carbonyl (C=O) groups is 2. The van der Waals surface area contributed by atoms with Crippen LogP contribution in [0.25, 0.3) is 0 Å². The molecule has 2 aromatic carbocycles. The van der Waals surface area contributed by atoms with E-state index in [2.05, 4.69) is 10.0 Å². The summed E-state index contributed by atoms with van der Waals surface area (Å²) in [4.78, 5) is 27.7. The molecule has 2 amide bonds. The molecule has 1 heterocycles. The molecule has 1 aliphatic heterocycles. The van der Waals surface area contributed by atoms with E-state index < -0.39 is 15.9 Å². The molecule has 0 unspecified atom stereocenters. The van der Waals surface area contributed by atoms with Gasteiger partial charge in [-0.05, 0) is 49.6 Å². The van der Waals surface area contributed by atoms with Crippen LogP contribution in [0, 0.1) is 6.92 Å². The molecule has 0 radical (unpaired) electrons. The Labute approximate surface area is 177 Å². The quantitative estimate of drug-likeness (QED) is 0.759. The van der Waals surface area contributed by atoms with Crippen molar-refractivity contribution in [2.45, 2.75) is 32.6 Å². The standard InChI is InChI=1S/C22H27N3O4S/c1-16-11-12-17(15-20(16)24-30(2,28)29)21(26)23-19-10-6-5-9-18(19)22(27)25-13-7-3-4-8-14-25/h5-6,9-12,15,24H,3-4,7-8,13-14H2,1-2H3,(H,23,26). The molecule has 1 fully saturated rings. The fourth-order valence-electron chi connectivity index (χ4n) is 3.49. The van der Waals surface area contributed by atoms with E-state index in [1.54, 1.807) is 43.3 Å². The normalized spacial score (nSPS) is 14.7. The first-order chi connectivity index (χ1) is 14.2. The zero-order valence-corrected chi connectivity index (χ0v) is 18.1. The number of para-hydroxylation sites is 1. The number of aryl methyl sites for hydroxylation is 1. The minimum absolute atomic E-state index is 0.0869. The fourth-order valence-corrected chi connectivity index (χ4v) is 4.11. The fraction of sp³-hybridized carbons (Fsp3) is 0.364. The van der Waals surface area contributed by atoms with Crippen molar-refractivity contribution in [3.05, 3.63) is 59.2 Å². The van der Waals surface area contributed by atoms with Crippen LogP contribution in [0.4, 0.5) is 11.4 Å². The number of hydrogen-bond acceptors (Lipinski definition) is 4. The third-order valence-corrected chi connectivity index (χ3v) is 5.68. The van der Waals surface area contributed by atoms with Gasteiger partial charge in [-0.1, -0.05) is 31.0 Å². The van der Waals surface area contributed by atoms with E-state index in [0.29, 0.717) is 28.1 Å². The van der Waals surface area contributed by atoms with Gasteiger partial charge in [0, 0.05) is 18.7 Å². The predicted molar refractivity (Wildman–Crippen MR) is 118 cm³/mol. The van der Waals surface area contributed by atoms with Gasteiger partial charge in [0.05, 0.1) is 23.2 Å². The van der Waals surface area contributed by atoms with E-state index in [4.69, 9.17) is 0 Å². The molecule has 1 saturated heterocycles. The lowest BCUT2D eigenvalue weighted by Crippen LogP contribution is -2.32. The van der Waals surface area contributed by atoms with E-state index in [9.17, 15) is 18.0 Å². The van der Waals surface area contributed by atoms with Crippen molar-refractivity contribution in [3.63, 3.8) is 0 Å². The van der Waals surface area contributed by atoms with Gasteiger partial charge in [0.25, 0.3) is 11.8 Å². The van der Waals surface area contributed by atoms with Crippen molar-refractivity contribution in [1.82, 2.24) is 4.90 Å². The molecule has 0 bridgehead atoms. The molecule has 0 aliphatic carbocycles. The minimum atomic E-state index is -3.47. The summed E-state index contributed by atoms with van der Waals surface area (Å²) in [5, 5.41) is 2.81. The predicted octanol–water partition coefficient (Wildman–Crippen LogP) is 3.64. The highest BCUT2D eigenvalue weighted by atomic mass is 32.2. The van der Waals surface area contributed by atoms with Gasteiger partial charge in [0.2, 0.25) is 10.0 Å². The average molecular weight is 430 g/mol. The van der Waals surface area contributed by atoms with Crippen LogP contribution in [0.5, 0.6) is 0 Å². The number of amides is 2. The minimum Gasteiger partial charge on any atom is -0.339 e. The van der Waals surface area contributed by atoms with Crippen LogP contribution in [0.1, 0.15) is 52.0 Å². The smallest absolute Gasteiger partial charge is 0.255 e. The second kappa shape index (κ2) is 9.30. The van der Waals surface area contributed by atoms with Crippen LogP contribution >= 0.6 is 0 Å². The van der Waals surface area contributed by atoms with E-state index in [0.717, 1.165) is 45.0 Å². The highest BCUT2D eigenvalue weighted by Gasteiger charge is 2.21. The third-order valence-electron chi connectivity index (χ3n) is 5.09. The van der Waals surface area contributed by atoms with Gasteiger partial charge >= 0.3 is 0 Å². The summed E-state index contributed by atoms with van der Waals surface area (Å²) in [5.41, 5.74) is 2.24. The molecule has 8 heteroatoms. The molecule has 3 rings (SSSR count). The Kier molecular flexibility index (Phi) is 6.77. The molecule has 30 heavy (non-hydrogen) atoms. The lowest BCUT2D eigenvalue weighted by Gasteiger charge is -2.22. The second-order valence-electron chi connectivity index (χ2n) is 7.61. The summed E-state index contributed by atoms with van der Waals surface area (Å²) in [5.74, 6) is -0.501. The number of nitrogens with one attached hydrogen (secondary N) is 2. The topological polar surface area (TPSA) is 95.6 Å². The van der Waals surface area contributed by atoms with Crippen molar-refractivity contribution in [2.24, 2.45) is 0 Å². The summed E-state index contributed by atoms with van der Waals surface area (Å²) in [6.07, 6.45) is 5.28. The van der Waals surface area contributed by atoms with Gasteiger partial charge in [-0.2, -0.15) is 0 Å². The lowest BCUT2D eigenvalue weighted by molar-refractivity contribution is 0.0762. The Morgan fingerprint density at radius 1 is 0.933 bits per heavy atom. The summed E-state index contributed by atoms with van der Waals surface area (Å²) in [6, 6.07) is 11.8. The number of rotatable bonds is 5. The zero-order chi connectivity index (χ0) is 21.7. The van der Waals surface area contributed by atoms with E-state index in [-0.39, 0.29) is 5.91 Å². The number of hydrogen-bond donors (Lipinski definition) is 2. The number of anilines is 2. The molecule has 2 N–H and O–H groups in total. The zero-order valence-electron chi connectivity index (χ0n) is 17.3. The van der Waals surface area contributed by atoms with Crippen LogP contribution in [-0.4, -0.2) is 44.5 Å². The molecular weight excluding hydrogens is 402 g/mol. The second-order valence-corrected chi connectivity index (χ2v) is 9.36. The highest BCUT2D eigenvalue weighted by molar-refractivity contribution is 7.92. The van der Waals surface area contributed by atoms with E-state index in [1.165, 1.54) is 6.07 Å². The molecule has 0 atom stereocenters. The number of benzene rings is 2. The summed E-state index contributed by atoms with van der Waals surface area (Å²) in [7, 11) is -3.47. The lowest BCUT2D eigenvalue weighted by atomic mass is 10.1. The van der Waals surface area contributed by atoms with Gasteiger partial charge in [-0.3, -0.25) is 14.3 Å². The molecular formula is C22H27N3O4S. The van der Waals surface area contributed by atoms with Gasteiger partial charge in [0.15, 0.2) is 0 Å². The summed E-state index contributed by atoms with van der Waals surface area (Å²) < 4.78 is 25.5. The van der Waals surface area contributed by atoms with Crippen LogP contribution in [0.3, 0.4) is 0 Å². The largest absolute Gasteiger partial charge is 0.339 e. The Balaban J connectivity index is 1.82. The van der Waals surface area contributed by atoms with Gasteiger partial charge in [-0.15, -0.1) is 0 Å². The molecule has 0 aromatic heterocycles. The van der Waals surface area contributed by atoms with Gasteiger partial charge in [-0.25, -0.2) is 8.42 Å². The molecule has 7 nitrogen and oxygen atoms in total. The average Bonchev–Trinajstić information content (AvgIpc) is 2.98. The van der Waals surface area contributed by atoms with Crippen molar-refractivity contribution >= 4 is 33.2 Å². The van der Waals surface area contributed by atoms with E-state index in [1.807, 2.05) is 4.90 Å². The van der Waals surface area contributed by atoms with E-state index >= 15 is 0 Å². The monoisotopic (exact) mass is 429 g/mol. The number of nitrogens with zero attached hydrogens (tertiary/aromatic N) is 1. The SMILES string of the molecule is Cc1ccc(C(=O)Nc2ccccc2C(=O)N2CCCCCC2)cc1NS(C)(=O)=O. The van der Waals surface area contributed by atoms with Crippen molar-refractivity contribution in [1.29, 1.82) is 0 Å². The Bertz CT molecular complexity index is 1040. The first kappa shape index (κ1) is 21.8. The summed E-state index contributed by atoms with van der Waals surface area (Å²) in [6.45, 7) is 3.20. The van der Waals surface area contributed by atoms with Gasteiger partial charge in [0.1, 0.15) is 0 Å². The third kappa shape index (κ3) is 5.60. The van der Waals surface area contributed by atoms with Crippen LogP contribution in [-0.2, 0) is 10.0 Å². The Hall–Kier alpha value is -2.87. The maximum Gasteiger partial charge on any atom is 0.255 e. The molecule has 0 saturated carbocycles. The number of carbonyl (C=O) groups excluding carboxylic acids is 2. The molecule has 1 aliphatic rings. The Morgan fingerprint density at radius 3 is 2.27 bits per heavy atom. The molecule has 2 aromatic rings. The Morgan fingerprint density at radius 2 is 1.60 bits per heavy atom. The first-order valence-electron chi connectivity index (χ1n) is 10.0. The maximum atomic E-state index is 13.0. The highest BCUT2D eigenvalue weighted by Crippen LogP contribution is 2.22. The summed E-state index contributed by atoms with van der Waals surface area (Å²) >= 11 is 0. The van der Waals surface area contributed by atoms with Crippen molar-refractivity contribution < 1.29 is 18.0 Å². The molecule has 0 spiro atoms. The number of sulfonamides is 1. The van der Waals surface area contributed by atoms with Crippen LogP contribution in [0.2, 0.25) is 0 Å². The molecule has 160 valence electrons. The van der Waals surface area contributed by atoms with Crippen molar-refractivity contribution in [3.8, 4) is 0 Å². The first-order valence-corrected chi connectivity index (χ1v) is 11.9. The maximum absolute atomic E-state index is 13.0.